The lowest BCUT2D eigenvalue weighted by molar-refractivity contribution is -0.387. The smallest absolute Gasteiger partial charge is 0.299 e. The van der Waals surface area contributed by atoms with Crippen molar-refractivity contribution in [3.05, 3.63) is 45.5 Å². The molecule has 0 aliphatic heterocycles. The van der Waals surface area contributed by atoms with E-state index in [2.05, 4.69) is 0 Å². The summed E-state index contributed by atoms with van der Waals surface area (Å²) in [5, 5.41) is 10.4. The van der Waals surface area contributed by atoms with Crippen LogP contribution in [0.3, 0.4) is 0 Å². The highest BCUT2D eigenvalue weighted by Crippen LogP contribution is 2.24. The third-order valence-corrected chi connectivity index (χ3v) is 1.59. The van der Waals surface area contributed by atoms with Crippen LogP contribution < -0.4 is 0 Å². The summed E-state index contributed by atoms with van der Waals surface area (Å²) >= 11 is 0. The highest BCUT2D eigenvalue weighted by Gasteiger charge is 2.19. The van der Waals surface area contributed by atoms with Gasteiger partial charge in [0.15, 0.2) is 0 Å². The van der Waals surface area contributed by atoms with E-state index in [4.69, 9.17) is 0 Å². The fourth-order valence-electron chi connectivity index (χ4n) is 1.05. The maximum absolute atomic E-state index is 13.0. The standard InChI is InChI=1S/C9H5F2NO3/c10-7-4-6(2-1-3-13)9(12(14)15)8(11)5-7/h1-5H. The van der Waals surface area contributed by atoms with Gasteiger partial charge in [-0.15, -0.1) is 0 Å². The first kappa shape index (κ1) is 11.0. The topological polar surface area (TPSA) is 60.2 Å². The Morgan fingerprint density at radius 3 is 2.53 bits per heavy atom. The molecular formula is C9H5F2NO3. The van der Waals surface area contributed by atoms with Gasteiger partial charge in [-0.05, 0) is 18.2 Å². The number of nitro benzene ring substituents is 1. The number of aldehydes is 1. The summed E-state index contributed by atoms with van der Waals surface area (Å²) in [5.74, 6) is -2.21. The van der Waals surface area contributed by atoms with Crippen molar-refractivity contribution in [2.45, 2.75) is 0 Å². The number of benzene rings is 1. The first-order chi connectivity index (χ1) is 7.06. The SMILES string of the molecule is O=CC=Cc1cc(F)cc(F)c1[N+](=O)[O-]. The van der Waals surface area contributed by atoms with Crippen molar-refractivity contribution < 1.29 is 18.5 Å². The van der Waals surface area contributed by atoms with Gasteiger partial charge in [0.05, 0.1) is 10.5 Å². The minimum atomic E-state index is -1.27. The Morgan fingerprint density at radius 1 is 1.33 bits per heavy atom. The van der Waals surface area contributed by atoms with Crippen LogP contribution in [0.4, 0.5) is 14.5 Å². The number of nitrogens with zero attached hydrogens (tertiary/aromatic N) is 1. The van der Waals surface area contributed by atoms with Crippen LogP contribution in [0.25, 0.3) is 6.08 Å². The van der Waals surface area contributed by atoms with Gasteiger partial charge in [-0.2, -0.15) is 4.39 Å². The van der Waals surface area contributed by atoms with E-state index in [0.717, 1.165) is 18.2 Å². The van der Waals surface area contributed by atoms with Crippen LogP contribution in [-0.2, 0) is 4.79 Å². The minimum Gasteiger partial charge on any atom is -0.299 e. The van der Waals surface area contributed by atoms with Crippen LogP contribution >= 0.6 is 0 Å². The van der Waals surface area contributed by atoms with Crippen LogP contribution in [0, 0.1) is 21.7 Å². The predicted octanol–water partition coefficient (Wildman–Crippen LogP) is 2.09. The third kappa shape index (κ3) is 2.43. The average molecular weight is 213 g/mol. The summed E-state index contributed by atoms with van der Waals surface area (Å²) in [7, 11) is 0. The predicted molar refractivity (Wildman–Crippen MR) is 48.1 cm³/mol. The number of hydrogen-bond donors (Lipinski definition) is 0. The molecule has 0 aliphatic carbocycles. The highest BCUT2D eigenvalue weighted by atomic mass is 19.1. The van der Waals surface area contributed by atoms with Gasteiger partial charge in [-0.1, -0.05) is 0 Å². The Hall–Kier alpha value is -2.11. The Labute approximate surface area is 83.0 Å². The molecule has 0 fully saturated rings. The van der Waals surface area contributed by atoms with Crippen LogP contribution in [0.1, 0.15) is 5.56 Å². The van der Waals surface area contributed by atoms with Gasteiger partial charge in [-0.3, -0.25) is 14.9 Å². The maximum atomic E-state index is 13.0. The van der Waals surface area contributed by atoms with E-state index in [1.807, 2.05) is 0 Å². The van der Waals surface area contributed by atoms with E-state index in [0.29, 0.717) is 12.4 Å². The van der Waals surface area contributed by atoms with E-state index in [1.165, 1.54) is 0 Å². The fraction of sp³-hybridized carbons (Fsp3) is 0. The molecule has 78 valence electrons. The molecule has 0 saturated carbocycles. The zero-order valence-electron chi connectivity index (χ0n) is 7.31. The van der Waals surface area contributed by atoms with Gasteiger partial charge < -0.3 is 0 Å². The molecule has 0 N–H and O–H groups in total. The number of rotatable bonds is 3. The molecule has 15 heavy (non-hydrogen) atoms. The number of carbonyl (C=O) groups excluding carboxylic acids is 1. The van der Waals surface area contributed by atoms with E-state index in [9.17, 15) is 23.7 Å². The van der Waals surface area contributed by atoms with Crippen molar-refractivity contribution in [1.29, 1.82) is 0 Å². The summed E-state index contributed by atoms with van der Waals surface area (Å²) in [4.78, 5) is 19.4. The molecule has 0 atom stereocenters. The molecule has 0 radical (unpaired) electrons. The summed E-state index contributed by atoms with van der Waals surface area (Å²) < 4.78 is 25.7. The first-order valence-corrected chi connectivity index (χ1v) is 3.81. The fourth-order valence-corrected chi connectivity index (χ4v) is 1.05. The first-order valence-electron chi connectivity index (χ1n) is 3.81. The minimum absolute atomic E-state index is 0.287. The summed E-state index contributed by atoms with van der Waals surface area (Å²) in [6, 6.07) is 1.19. The second-order valence-corrected chi connectivity index (χ2v) is 2.58. The Morgan fingerprint density at radius 2 is 2.00 bits per heavy atom. The number of allylic oxidation sites excluding steroid dienone is 1. The van der Waals surface area contributed by atoms with Gasteiger partial charge >= 0.3 is 5.69 Å². The maximum Gasteiger partial charge on any atom is 0.312 e. The van der Waals surface area contributed by atoms with Crippen molar-refractivity contribution in [3.8, 4) is 0 Å². The van der Waals surface area contributed by atoms with Gasteiger partial charge in [-0.25, -0.2) is 4.39 Å². The van der Waals surface area contributed by atoms with Gasteiger partial charge in [0.2, 0.25) is 5.82 Å². The number of halogens is 2. The van der Waals surface area contributed by atoms with Crippen molar-refractivity contribution in [2.24, 2.45) is 0 Å². The molecule has 0 unspecified atom stereocenters. The second kappa shape index (κ2) is 4.41. The van der Waals surface area contributed by atoms with E-state index < -0.39 is 22.2 Å². The van der Waals surface area contributed by atoms with E-state index in [1.54, 1.807) is 0 Å². The van der Waals surface area contributed by atoms with Gasteiger partial charge in [0.25, 0.3) is 0 Å². The lowest BCUT2D eigenvalue weighted by Gasteiger charge is -1.98. The molecule has 0 spiro atoms. The summed E-state index contributed by atoms with van der Waals surface area (Å²) in [6.07, 6.45) is 2.24. The normalized spacial score (nSPS) is 10.5. The average Bonchev–Trinajstić information content (AvgIpc) is 2.12. The highest BCUT2D eigenvalue weighted by molar-refractivity contribution is 5.76. The molecule has 0 saturated heterocycles. The largest absolute Gasteiger partial charge is 0.312 e. The number of hydrogen-bond acceptors (Lipinski definition) is 3. The molecular weight excluding hydrogens is 208 g/mol. The van der Waals surface area contributed by atoms with Crippen LogP contribution in [0.2, 0.25) is 0 Å². The van der Waals surface area contributed by atoms with Crippen LogP contribution in [-0.4, -0.2) is 11.2 Å². The Kier molecular flexibility index (Phi) is 3.22. The van der Waals surface area contributed by atoms with Gasteiger partial charge in [0.1, 0.15) is 12.1 Å². The van der Waals surface area contributed by atoms with Crippen molar-refractivity contribution in [1.82, 2.24) is 0 Å². The van der Waals surface area contributed by atoms with Crippen molar-refractivity contribution >= 4 is 18.0 Å². The monoisotopic (exact) mass is 213 g/mol. The molecule has 0 aromatic heterocycles. The number of carbonyl (C=O) groups is 1. The van der Waals surface area contributed by atoms with Crippen molar-refractivity contribution in [3.63, 3.8) is 0 Å². The van der Waals surface area contributed by atoms with Crippen molar-refractivity contribution in [2.75, 3.05) is 0 Å². The Balaban J connectivity index is 3.39. The summed E-state index contributed by atoms with van der Waals surface area (Å²) in [5.41, 5.74) is -1.14. The van der Waals surface area contributed by atoms with E-state index >= 15 is 0 Å². The molecule has 0 bridgehead atoms. The lowest BCUT2D eigenvalue weighted by Crippen LogP contribution is -1.97. The lowest BCUT2D eigenvalue weighted by atomic mass is 10.1. The Bertz CT molecular complexity index is 443. The van der Waals surface area contributed by atoms with Crippen LogP contribution in [0.5, 0.6) is 0 Å². The molecule has 4 nitrogen and oxygen atoms in total. The quantitative estimate of drug-likeness (QED) is 0.334. The van der Waals surface area contributed by atoms with Gasteiger partial charge in [0, 0.05) is 6.07 Å². The van der Waals surface area contributed by atoms with Crippen LogP contribution in [0.15, 0.2) is 18.2 Å². The molecule has 1 rings (SSSR count). The zero-order chi connectivity index (χ0) is 11.4. The molecule has 0 heterocycles. The zero-order valence-corrected chi connectivity index (χ0v) is 7.31. The third-order valence-electron chi connectivity index (χ3n) is 1.59. The van der Waals surface area contributed by atoms with E-state index in [-0.39, 0.29) is 5.56 Å². The molecule has 6 heteroatoms. The second-order valence-electron chi connectivity index (χ2n) is 2.58. The number of nitro groups is 1. The molecule has 0 amide bonds. The molecule has 0 aliphatic rings. The summed E-state index contributed by atoms with van der Waals surface area (Å²) in [6.45, 7) is 0. The molecule has 1 aromatic carbocycles. The molecule has 1 aromatic rings.